The maximum Gasteiger partial charge on any atom is 0.332 e. The second-order valence-corrected chi connectivity index (χ2v) is 4.84. The summed E-state index contributed by atoms with van der Waals surface area (Å²) >= 11 is 0. The zero-order valence-electron chi connectivity index (χ0n) is 12.1. The van der Waals surface area contributed by atoms with E-state index in [1.165, 1.54) is 0 Å². The maximum atomic E-state index is 10.6. The van der Waals surface area contributed by atoms with E-state index in [1.54, 1.807) is 18.6 Å². The summed E-state index contributed by atoms with van der Waals surface area (Å²) in [5.41, 5.74) is 1.71. The number of aryl methyl sites for hydroxylation is 1. The summed E-state index contributed by atoms with van der Waals surface area (Å²) in [7, 11) is 0. The zero-order chi connectivity index (χ0) is 15.8. The van der Waals surface area contributed by atoms with Crippen LogP contribution in [0.25, 0.3) is 0 Å². The molecule has 0 saturated carbocycles. The number of rotatable bonds is 8. The molecule has 22 heavy (non-hydrogen) atoms. The number of aliphatic hydroxyl groups excluding tert-OH is 1. The first-order valence-corrected chi connectivity index (χ1v) is 7.03. The summed E-state index contributed by atoms with van der Waals surface area (Å²) in [5, 5.41) is 17.9. The normalized spacial score (nSPS) is 11.9. The predicted octanol–water partition coefficient (Wildman–Crippen LogP) is 1.82. The van der Waals surface area contributed by atoms with Crippen LogP contribution in [0.1, 0.15) is 24.1 Å². The number of nitrogens with zero attached hydrogens (tertiary/aromatic N) is 2. The highest BCUT2D eigenvalue weighted by Gasteiger charge is 2.13. The van der Waals surface area contributed by atoms with Crippen LogP contribution in [0.2, 0.25) is 0 Å². The molecule has 0 spiro atoms. The number of hydrogen-bond donors (Lipinski definition) is 2. The second kappa shape index (κ2) is 8.09. The van der Waals surface area contributed by atoms with Crippen LogP contribution in [0.15, 0.2) is 42.9 Å². The van der Waals surface area contributed by atoms with Gasteiger partial charge in [-0.25, -0.2) is 4.79 Å². The van der Waals surface area contributed by atoms with E-state index in [1.807, 2.05) is 24.3 Å². The Hall–Kier alpha value is -2.47. The van der Waals surface area contributed by atoms with E-state index >= 15 is 0 Å². The molecule has 1 heterocycles. The number of carboxylic acid groups (broad SMARTS) is 1. The van der Waals surface area contributed by atoms with Gasteiger partial charge in [-0.1, -0.05) is 18.2 Å². The minimum absolute atomic E-state index is 0.216. The van der Waals surface area contributed by atoms with Gasteiger partial charge in [-0.15, -0.1) is 0 Å². The number of aromatic nitrogens is 2. The number of benzene rings is 1. The molecule has 6 heteroatoms. The molecule has 1 atom stereocenters. The van der Waals surface area contributed by atoms with E-state index in [0.29, 0.717) is 19.4 Å². The lowest BCUT2D eigenvalue weighted by Crippen LogP contribution is -2.19. The van der Waals surface area contributed by atoms with Crippen LogP contribution in [0.4, 0.5) is 0 Å². The molecule has 0 fully saturated rings. The molecule has 0 amide bonds. The average molecular weight is 302 g/mol. The maximum absolute atomic E-state index is 10.6. The summed E-state index contributed by atoms with van der Waals surface area (Å²) < 4.78 is 5.75. The molecule has 6 nitrogen and oxygen atoms in total. The monoisotopic (exact) mass is 302 g/mol. The lowest BCUT2D eigenvalue weighted by atomic mass is 10.1. The van der Waals surface area contributed by atoms with Crippen LogP contribution < -0.4 is 4.74 Å². The van der Waals surface area contributed by atoms with E-state index in [0.717, 1.165) is 17.0 Å². The third kappa shape index (κ3) is 4.82. The van der Waals surface area contributed by atoms with Crippen LogP contribution >= 0.6 is 0 Å². The predicted molar refractivity (Wildman–Crippen MR) is 79.4 cm³/mol. The third-order valence-electron chi connectivity index (χ3n) is 3.17. The summed E-state index contributed by atoms with van der Waals surface area (Å²) in [6.45, 7) is 0.322. The van der Waals surface area contributed by atoms with Crippen molar-refractivity contribution in [3.63, 3.8) is 0 Å². The minimum Gasteiger partial charge on any atom is -0.487 e. The molecule has 1 aromatic heterocycles. The molecule has 1 aromatic carbocycles. The van der Waals surface area contributed by atoms with Crippen molar-refractivity contribution in [3.8, 4) is 5.75 Å². The number of aliphatic carboxylic acids is 1. The van der Waals surface area contributed by atoms with E-state index in [-0.39, 0.29) is 6.42 Å². The summed E-state index contributed by atoms with van der Waals surface area (Å²) in [6, 6.07) is 7.57. The second-order valence-electron chi connectivity index (χ2n) is 4.84. The first-order chi connectivity index (χ1) is 10.7. The topological polar surface area (TPSA) is 92.5 Å². The van der Waals surface area contributed by atoms with Crippen molar-refractivity contribution in [1.29, 1.82) is 0 Å². The third-order valence-corrected chi connectivity index (χ3v) is 3.17. The van der Waals surface area contributed by atoms with Crippen molar-refractivity contribution in [2.75, 3.05) is 0 Å². The lowest BCUT2D eigenvalue weighted by molar-refractivity contribution is -0.146. The summed E-state index contributed by atoms with van der Waals surface area (Å²) in [5.74, 6) is -0.454. The van der Waals surface area contributed by atoms with Crippen LogP contribution in [-0.4, -0.2) is 32.3 Å². The first kappa shape index (κ1) is 15.9. The Morgan fingerprint density at radius 3 is 2.82 bits per heavy atom. The summed E-state index contributed by atoms with van der Waals surface area (Å²) in [4.78, 5) is 18.7. The fraction of sp³-hybridized carbons (Fsp3) is 0.312. The van der Waals surface area contributed by atoms with E-state index in [2.05, 4.69) is 9.97 Å². The Labute approximate surface area is 128 Å². The number of carboxylic acids is 1. The highest BCUT2D eigenvalue weighted by molar-refractivity contribution is 5.71. The van der Waals surface area contributed by atoms with Gasteiger partial charge in [0.1, 0.15) is 12.4 Å². The molecule has 0 aliphatic rings. The van der Waals surface area contributed by atoms with Gasteiger partial charge in [0.25, 0.3) is 0 Å². The fourth-order valence-corrected chi connectivity index (χ4v) is 2.02. The average Bonchev–Trinajstić information content (AvgIpc) is 2.54. The number of hydrogen-bond acceptors (Lipinski definition) is 5. The van der Waals surface area contributed by atoms with Crippen molar-refractivity contribution >= 4 is 5.97 Å². The Morgan fingerprint density at radius 1 is 1.27 bits per heavy atom. The smallest absolute Gasteiger partial charge is 0.332 e. The van der Waals surface area contributed by atoms with Crippen LogP contribution in [-0.2, 0) is 17.8 Å². The van der Waals surface area contributed by atoms with E-state index in [9.17, 15) is 9.90 Å². The standard InChI is InChI=1S/C16H18N2O4/c19-14(16(20)21)6-3-5-12-4-1-2-7-15(12)22-11-13-10-17-8-9-18-13/h1-2,4,7-10,14,19H,3,5-6,11H2,(H,20,21)/t14-/m1/s1. The molecule has 0 aliphatic carbocycles. The van der Waals surface area contributed by atoms with Crippen molar-refractivity contribution in [2.45, 2.75) is 32.0 Å². The largest absolute Gasteiger partial charge is 0.487 e. The molecule has 0 aliphatic heterocycles. The van der Waals surface area contributed by atoms with E-state index in [4.69, 9.17) is 9.84 Å². The zero-order valence-corrected chi connectivity index (χ0v) is 12.1. The van der Waals surface area contributed by atoms with Gasteiger partial charge in [0, 0.05) is 12.4 Å². The van der Waals surface area contributed by atoms with Crippen LogP contribution in [0.3, 0.4) is 0 Å². The minimum atomic E-state index is -1.31. The molecular formula is C16H18N2O4. The molecule has 2 rings (SSSR count). The number of para-hydroxylation sites is 1. The van der Waals surface area contributed by atoms with Crippen molar-refractivity contribution in [3.05, 3.63) is 54.1 Å². The molecule has 0 unspecified atom stereocenters. The van der Waals surface area contributed by atoms with Gasteiger partial charge in [-0.2, -0.15) is 0 Å². The molecule has 2 N–H and O–H groups in total. The highest BCUT2D eigenvalue weighted by atomic mass is 16.5. The fourth-order valence-electron chi connectivity index (χ4n) is 2.02. The van der Waals surface area contributed by atoms with Gasteiger partial charge in [0.15, 0.2) is 6.10 Å². The van der Waals surface area contributed by atoms with Crippen LogP contribution in [0, 0.1) is 0 Å². The van der Waals surface area contributed by atoms with E-state index < -0.39 is 12.1 Å². The van der Waals surface area contributed by atoms with Gasteiger partial charge >= 0.3 is 5.97 Å². The highest BCUT2D eigenvalue weighted by Crippen LogP contribution is 2.21. The van der Waals surface area contributed by atoms with Crippen molar-refractivity contribution in [2.24, 2.45) is 0 Å². The molecular weight excluding hydrogens is 284 g/mol. The molecule has 116 valence electrons. The van der Waals surface area contributed by atoms with Crippen LogP contribution in [0.5, 0.6) is 5.75 Å². The molecule has 0 saturated heterocycles. The van der Waals surface area contributed by atoms with Crippen molar-refractivity contribution in [1.82, 2.24) is 9.97 Å². The summed E-state index contributed by atoms with van der Waals surface area (Å²) in [6.07, 6.45) is 4.97. The Morgan fingerprint density at radius 2 is 2.09 bits per heavy atom. The Bertz CT molecular complexity index is 604. The first-order valence-electron chi connectivity index (χ1n) is 7.03. The quantitative estimate of drug-likeness (QED) is 0.772. The van der Waals surface area contributed by atoms with Gasteiger partial charge in [0.05, 0.1) is 11.9 Å². The molecule has 0 radical (unpaired) electrons. The number of carbonyl (C=O) groups is 1. The van der Waals surface area contributed by atoms with Gasteiger partial charge in [-0.05, 0) is 30.9 Å². The number of aliphatic hydroxyl groups is 1. The Balaban J connectivity index is 1.90. The molecule has 2 aromatic rings. The Kier molecular flexibility index (Phi) is 5.85. The van der Waals surface area contributed by atoms with Crippen molar-refractivity contribution < 1.29 is 19.7 Å². The molecule has 0 bridgehead atoms. The van der Waals surface area contributed by atoms with Gasteiger partial charge in [0.2, 0.25) is 0 Å². The number of ether oxygens (including phenoxy) is 1. The SMILES string of the molecule is O=C(O)[C@H](O)CCCc1ccccc1OCc1cnccn1. The van der Waals surface area contributed by atoms with Gasteiger partial charge < -0.3 is 14.9 Å². The van der Waals surface area contributed by atoms with Gasteiger partial charge in [-0.3, -0.25) is 9.97 Å². The lowest BCUT2D eigenvalue weighted by Gasteiger charge is -2.11.